The molecule has 3 rings (SSSR count). The van der Waals surface area contributed by atoms with Gasteiger partial charge in [0.2, 0.25) is 0 Å². The highest BCUT2D eigenvalue weighted by atomic mass is 19.4. The molecule has 0 fully saturated rings. The van der Waals surface area contributed by atoms with Crippen molar-refractivity contribution >= 4 is 10.9 Å². The van der Waals surface area contributed by atoms with Gasteiger partial charge in [0.1, 0.15) is 5.75 Å². The van der Waals surface area contributed by atoms with Gasteiger partial charge in [0.15, 0.2) is 29.9 Å². The van der Waals surface area contributed by atoms with E-state index in [1.54, 1.807) is 6.07 Å². The van der Waals surface area contributed by atoms with Crippen LogP contribution >= 0.6 is 0 Å². The highest BCUT2D eigenvalue weighted by Gasteiger charge is 2.28. The summed E-state index contributed by atoms with van der Waals surface area (Å²) in [5, 5.41) is 2.63. The van der Waals surface area contributed by atoms with Crippen LogP contribution in [0.4, 0.5) is 30.7 Å². The van der Waals surface area contributed by atoms with Gasteiger partial charge in [0.25, 0.3) is 0 Å². The fourth-order valence-corrected chi connectivity index (χ4v) is 2.86. The molecule has 0 aliphatic rings. The topological polar surface area (TPSA) is 37.0 Å². The molecule has 0 bridgehead atoms. The summed E-state index contributed by atoms with van der Waals surface area (Å²) in [5.41, 5.74) is 0.449. The second-order valence-corrected chi connectivity index (χ2v) is 6.30. The summed E-state index contributed by atoms with van der Waals surface area (Å²) in [7, 11) is 0. The molecule has 0 saturated carbocycles. The molecular weight excluding hydrogens is 405 g/mol. The fourth-order valence-electron chi connectivity index (χ4n) is 2.86. The lowest BCUT2D eigenvalue weighted by Crippen LogP contribution is -2.19. The Morgan fingerprint density at radius 1 is 0.966 bits per heavy atom. The largest absolute Gasteiger partial charge is 0.484 e. The number of aromatic amines is 1. The highest BCUT2D eigenvalue weighted by molar-refractivity contribution is 5.84. The van der Waals surface area contributed by atoms with Crippen molar-refractivity contribution in [1.82, 2.24) is 10.3 Å². The number of hydrogen-bond acceptors (Lipinski definition) is 2. The number of alkyl halides is 3. The number of fused-ring (bicyclic) bond motifs is 1. The lowest BCUT2D eigenvalue weighted by atomic mass is 10.1. The van der Waals surface area contributed by atoms with Gasteiger partial charge in [-0.15, -0.1) is 0 Å². The van der Waals surface area contributed by atoms with E-state index in [0.29, 0.717) is 5.56 Å². The van der Waals surface area contributed by atoms with Crippen molar-refractivity contribution in [3.8, 4) is 5.75 Å². The van der Waals surface area contributed by atoms with Gasteiger partial charge in [-0.1, -0.05) is 12.1 Å². The minimum absolute atomic E-state index is 0.0632. The van der Waals surface area contributed by atoms with E-state index in [4.69, 9.17) is 0 Å². The average molecular weight is 420 g/mol. The van der Waals surface area contributed by atoms with Crippen LogP contribution in [-0.2, 0) is 13.0 Å². The third-order valence-electron chi connectivity index (χ3n) is 4.18. The van der Waals surface area contributed by atoms with Gasteiger partial charge in [0, 0.05) is 18.1 Å². The molecule has 0 amide bonds. The van der Waals surface area contributed by atoms with E-state index < -0.39 is 41.6 Å². The standard InChI is InChI=1S/C19H15F7N2O/c20-14-13-11(8-28-18(13)17(23)16(22)15(14)21)4-5-27-7-10-2-1-3-12(6-10)29-9-19(24,25)26/h1-3,6,8,27-28H,4-5,7,9H2. The predicted octanol–water partition coefficient (Wildman–Crippen LogP) is 5.00. The Labute approximate surface area is 160 Å². The van der Waals surface area contributed by atoms with E-state index in [0.717, 1.165) is 0 Å². The SMILES string of the molecule is Fc1c(F)c(F)c2c(CCNCc3cccc(OCC(F)(F)F)c3)c[nH]c2c1F. The number of aromatic nitrogens is 1. The first kappa shape index (κ1) is 21.0. The van der Waals surface area contributed by atoms with Gasteiger partial charge in [-0.25, -0.2) is 17.6 Å². The molecule has 0 aliphatic heterocycles. The monoisotopic (exact) mass is 420 g/mol. The molecule has 0 saturated heterocycles. The number of hydrogen-bond donors (Lipinski definition) is 2. The molecule has 0 radical (unpaired) electrons. The molecule has 3 aromatic rings. The number of benzene rings is 2. The molecule has 0 unspecified atom stereocenters. The van der Waals surface area contributed by atoms with Crippen LogP contribution in [0.1, 0.15) is 11.1 Å². The Bertz CT molecular complexity index is 1010. The van der Waals surface area contributed by atoms with Crippen molar-refractivity contribution < 1.29 is 35.5 Å². The number of nitrogens with one attached hydrogen (secondary N) is 2. The maximum Gasteiger partial charge on any atom is 0.422 e. The second kappa shape index (κ2) is 8.32. The zero-order valence-electron chi connectivity index (χ0n) is 14.8. The summed E-state index contributed by atoms with van der Waals surface area (Å²) in [5.74, 6) is -6.65. The highest BCUT2D eigenvalue weighted by Crippen LogP contribution is 2.29. The van der Waals surface area contributed by atoms with E-state index in [2.05, 4.69) is 15.0 Å². The lowest BCUT2D eigenvalue weighted by Gasteiger charge is -2.10. The molecular formula is C19H15F7N2O. The van der Waals surface area contributed by atoms with Crippen molar-refractivity contribution in [3.63, 3.8) is 0 Å². The zero-order valence-corrected chi connectivity index (χ0v) is 14.8. The smallest absolute Gasteiger partial charge is 0.422 e. The average Bonchev–Trinajstić information content (AvgIpc) is 3.10. The maximum atomic E-state index is 14.0. The van der Waals surface area contributed by atoms with Crippen molar-refractivity contribution in [1.29, 1.82) is 0 Å². The number of rotatable bonds is 7. The van der Waals surface area contributed by atoms with Gasteiger partial charge >= 0.3 is 6.18 Å². The Morgan fingerprint density at radius 2 is 1.69 bits per heavy atom. The van der Waals surface area contributed by atoms with E-state index in [9.17, 15) is 30.7 Å². The van der Waals surface area contributed by atoms with E-state index in [-0.39, 0.29) is 36.2 Å². The molecule has 156 valence electrons. The van der Waals surface area contributed by atoms with Crippen LogP contribution in [0.15, 0.2) is 30.5 Å². The lowest BCUT2D eigenvalue weighted by molar-refractivity contribution is -0.153. The van der Waals surface area contributed by atoms with Gasteiger partial charge in [-0.2, -0.15) is 13.2 Å². The molecule has 10 heteroatoms. The Morgan fingerprint density at radius 3 is 2.41 bits per heavy atom. The van der Waals surface area contributed by atoms with Crippen LogP contribution in [0.3, 0.4) is 0 Å². The number of ether oxygens (including phenoxy) is 1. The van der Waals surface area contributed by atoms with Crippen LogP contribution in [-0.4, -0.2) is 24.3 Å². The molecule has 2 N–H and O–H groups in total. The summed E-state index contributed by atoms with van der Waals surface area (Å²) in [6.07, 6.45) is -3.00. The van der Waals surface area contributed by atoms with Crippen LogP contribution in [0.2, 0.25) is 0 Å². The van der Waals surface area contributed by atoms with E-state index in [1.165, 1.54) is 24.4 Å². The maximum absolute atomic E-state index is 14.0. The Kier molecular flexibility index (Phi) is 6.02. The molecule has 0 atom stereocenters. The van der Waals surface area contributed by atoms with Gasteiger partial charge < -0.3 is 15.0 Å². The van der Waals surface area contributed by atoms with Crippen molar-refractivity contribution in [2.24, 2.45) is 0 Å². The predicted molar refractivity (Wildman–Crippen MR) is 91.5 cm³/mol. The third-order valence-corrected chi connectivity index (χ3v) is 4.18. The molecule has 1 aromatic heterocycles. The fraction of sp³-hybridized carbons (Fsp3) is 0.263. The van der Waals surface area contributed by atoms with E-state index in [1.807, 2.05) is 0 Å². The van der Waals surface area contributed by atoms with Crippen LogP contribution < -0.4 is 10.1 Å². The molecule has 29 heavy (non-hydrogen) atoms. The van der Waals surface area contributed by atoms with Gasteiger partial charge in [-0.3, -0.25) is 0 Å². The first-order valence-corrected chi connectivity index (χ1v) is 8.48. The third kappa shape index (κ3) is 4.81. The first-order chi connectivity index (χ1) is 13.7. The van der Waals surface area contributed by atoms with Crippen molar-refractivity contribution in [2.75, 3.05) is 13.2 Å². The summed E-state index contributed by atoms with van der Waals surface area (Å²) >= 11 is 0. The molecule has 1 heterocycles. The molecule has 0 spiro atoms. The molecule has 0 aliphatic carbocycles. The minimum atomic E-state index is -4.44. The van der Waals surface area contributed by atoms with Crippen LogP contribution in [0, 0.1) is 23.3 Å². The van der Waals surface area contributed by atoms with Crippen LogP contribution in [0.25, 0.3) is 10.9 Å². The minimum Gasteiger partial charge on any atom is -0.484 e. The number of halogens is 7. The molecule has 2 aromatic carbocycles. The normalized spacial score (nSPS) is 12.0. The van der Waals surface area contributed by atoms with Crippen molar-refractivity contribution in [3.05, 3.63) is 64.9 Å². The van der Waals surface area contributed by atoms with Gasteiger partial charge in [0.05, 0.1) is 5.52 Å². The Balaban J connectivity index is 1.60. The molecule has 3 nitrogen and oxygen atoms in total. The number of H-pyrrole nitrogens is 1. The first-order valence-electron chi connectivity index (χ1n) is 8.48. The van der Waals surface area contributed by atoms with Gasteiger partial charge in [-0.05, 0) is 36.2 Å². The van der Waals surface area contributed by atoms with Crippen molar-refractivity contribution in [2.45, 2.75) is 19.1 Å². The van der Waals surface area contributed by atoms with Crippen LogP contribution in [0.5, 0.6) is 5.75 Å². The summed E-state index contributed by atoms with van der Waals surface area (Å²) in [6, 6.07) is 6.05. The quantitative estimate of drug-likeness (QED) is 0.244. The van der Waals surface area contributed by atoms with E-state index >= 15 is 0 Å². The summed E-state index contributed by atoms with van der Waals surface area (Å²) in [6.45, 7) is -0.865. The summed E-state index contributed by atoms with van der Waals surface area (Å²) in [4.78, 5) is 2.40. The Hall–Kier alpha value is -2.75. The zero-order chi connectivity index (χ0) is 21.2. The summed E-state index contributed by atoms with van der Waals surface area (Å²) < 4.78 is 95.7. The second-order valence-electron chi connectivity index (χ2n) is 6.30.